The van der Waals surface area contributed by atoms with Gasteiger partial charge in [-0.15, -0.1) is 0 Å². The Morgan fingerprint density at radius 2 is 1.50 bits per heavy atom. The van der Waals surface area contributed by atoms with Crippen LogP contribution in [-0.4, -0.2) is 13.2 Å². The zero-order valence-corrected chi connectivity index (χ0v) is 15.8. The molecule has 0 saturated heterocycles. The molecule has 0 saturated carbocycles. The SMILES string of the molecule is CCCCO[P+](P)(OCCCC)Oc1ccc(Br)cc1. The van der Waals surface area contributed by atoms with Gasteiger partial charge >= 0.3 is 7.63 Å². The predicted molar refractivity (Wildman–Crippen MR) is 93.1 cm³/mol. The third-order valence-corrected chi connectivity index (χ3v) is 5.87. The fraction of sp³-hybridized carbons (Fsp3) is 0.571. The van der Waals surface area contributed by atoms with Crippen LogP contribution in [0, 0.1) is 0 Å². The third-order valence-electron chi connectivity index (χ3n) is 2.58. The van der Waals surface area contributed by atoms with Crippen LogP contribution >= 0.6 is 32.5 Å². The lowest BCUT2D eigenvalue weighted by atomic mass is 10.3. The molecular weight excluding hydrogens is 358 g/mol. The highest BCUT2D eigenvalue weighted by Crippen LogP contribution is 2.68. The highest BCUT2D eigenvalue weighted by atomic mass is 79.9. The second-order valence-electron chi connectivity index (χ2n) is 4.46. The summed E-state index contributed by atoms with van der Waals surface area (Å²) < 4.78 is 18.7. The van der Waals surface area contributed by atoms with Crippen molar-refractivity contribution in [3.05, 3.63) is 28.7 Å². The monoisotopic (exact) mass is 381 g/mol. The minimum absolute atomic E-state index is 0.663. The normalized spacial score (nSPS) is 11.6. The Morgan fingerprint density at radius 1 is 1.00 bits per heavy atom. The number of unbranched alkanes of at least 4 members (excludes halogenated alkanes) is 2. The van der Waals surface area contributed by atoms with E-state index in [0.29, 0.717) is 13.2 Å². The lowest BCUT2D eigenvalue weighted by molar-refractivity contribution is 0.194. The van der Waals surface area contributed by atoms with Crippen molar-refractivity contribution in [2.24, 2.45) is 0 Å². The molecule has 0 heterocycles. The summed E-state index contributed by atoms with van der Waals surface area (Å²) in [6.07, 6.45) is 4.21. The molecule has 1 rings (SSSR count). The molecule has 6 heteroatoms. The van der Waals surface area contributed by atoms with Crippen LogP contribution in [0.3, 0.4) is 0 Å². The van der Waals surface area contributed by atoms with Gasteiger partial charge in [0.1, 0.15) is 8.93 Å². The molecule has 1 unspecified atom stereocenters. The van der Waals surface area contributed by atoms with E-state index in [9.17, 15) is 0 Å². The maximum absolute atomic E-state index is 5.96. The molecule has 0 N–H and O–H groups in total. The van der Waals surface area contributed by atoms with Crippen molar-refractivity contribution in [1.29, 1.82) is 0 Å². The Balaban J connectivity index is 2.62. The second-order valence-corrected chi connectivity index (χ2v) is 9.05. The first-order valence-electron chi connectivity index (χ1n) is 7.01. The predicted octanol–water partition coefficient (Wildman–Crippen LogP) is 6.01. The largest absolute Gasteiger partial charge is 0.466 e. The minimum Gasteiger partial charge on any atom is -0.285 e. The van der Waals surface area contributed by atoms with Gasteiger partial charge < -0.3 is 0 Å². The zero-order chi connectivity index (χ0) is 14.8. The number of halogens is 1. The van der Waals surface area contributed by atoms with Crippen LogP contribution < -0.4 is 4.52 Å². The first kappa shape index (κ1) is 18.3. The molecule has 1 atom stereocenters. The molecule has 0 fully saturated rings. The molecule has 0 aliphatic carbocycles. The van der Waals surface area contributed by atoms with Gasteiger partial charge in [0.15, 0.2) is 5.75 Å². The maximum atomic E-state index is 5.96. The van der Waals surface area contributed by atoms with Crippen LogP contribution in [-0.2, 0) is 9.05 Å². The second kappa shape index (κ2) is 10.1. The highest BCUT2D eigenvalue weighted by Gasteiger charge is 2.40. The van der Waals surface area contributed by atoms with Crippen LogP contribution in [0.15, 0.2) is 28.7 Å². The summed E-state index contributed by atoms with van der Waals surface area (Å²) in [5, 5.41) is 0. The highest BCUT2D eigenvalue weighted by molar-refractivity contribution is 9.10. The molecule has 0 spiro atoms. The Morgan fingerprint density at radius 3 is 1.95 bits per heavy atom. The van der Waals surface area contributed by atoms with Crippen molar-refractivity contribution in [2.75, 3.05) is 13.2 Å². The number of hydrogen-bond acceptors (Lipinski definition) is 3. The van der Waals surface area contributed by atoms with E-state index in [1.807, 2.05) is 24.3 Å². The fourth-order valence-electron chi connectivity index (χ4n) is 1.40. The molecule has 20 heavy (non-hydrogen) atoms. The van der Waals surface area contributed by atoms with Gasteiger partial charge in [-0.1, -0.05) is 42.6 Å². The number of benzene rings is 1. The van der Waals surface area contributed by atoms with Gasteiger partial charge in [0.25, 0.3) is 0 Å². The van der Waals surface area contributed by atoms with Crippen molar-refractivity contribution in [3.63, 3.8) is 0 Å². The van der Waals surface area contributed by atoms with Gasteiger partial charge in [-0.2, -0.15) is 9.05 Å². The molecule has 1 aromatic carbocycles. The van der Waals surface area contributed by atoms with Crippen LogP contribution in [0.2, 0.25) is 0 Å². The molecule has 0 amide bonds. The molecular formula is C14H24BrO3P2+. The van der Waals surface area contributed by atoms with E-state index in [2.05, 4.69) is 38.7 Å². The van der Waals surface area contributed by atoms with E-state index in [1.54, 1.807) is 0 Å². The zero-order valence-electron chi connectivity index (χ0n) is 12.2. The number of hydrogen-bond donors (Lipinski definition) is 0. The fourth-order valence-corrected chi connectivity index (χ4v) is 4.03. The minimum atomic E-state index is -2.36. The Hall–Kier alpha value is 0.280. The smallest absolute Gasteiger partial charge is 0.285 e. The van der Waals surface area contributed by atoms with Gasteiger partial charge in [-0.25, -0.2) is 0 Å². The molecule has 0 bridgehead atoms. The van der Waals surface area contributed by atoms with E-state index in [-0.39, 0.29) is 0 Å². The summed E-state index contributed by atoms with van der Waals surface area (Å²) >= 11 is 3.41. The Kier molecular flexibility index (Phi) is 9.24. The summed E-state index contributed by atoms with van der Waals surface area (Å²) in [5.74, 6) is 0.768. The first-order chi connectivity index (χ1) is 9.59. The van der Waals surface area contributed by atoms with Gasteiger partial charge in [0.05, 0.1) is 13.2 Å². The summed E-state index contributed by atoms with van der Waals surface area (Å²) in [7, 11) is 0.287. The van der Waals surface area contributed by atoms with Gasteiger partial charge in [-0.05, 0) is 37.1 Å². The van der Waals surface area contributed by atoms with Crippen molar-refractivity contribution in [3.8, 4) is 5.75 Å². The molecule has 0 aromatic heterocycles. The molecule has 114 valence electrons. The van der Waals surface area contributed by atoms with Crippen LogP contribution in [0.5, 0.6) is 5.75 Å². The quantitative estimate of drug-likeness (QED) is 0.366. The lowest BCUT2D eigenvalue weighted by Gasteiger charge is -2.18. The summed E-state index contributed by atoms with van der Waals surface area (Å²) in [4.78, 5) is 0. The maximum Gasteiger partial charge on any atom is 0.466 e. The standard InChI is InChI=1S/C14H24BrO3P2/c1-3-5-11-16-20(19,17-12-6-4-2)18-14-9-7-13(15)8-10-14/h7-10H,3-6,11-12,19H2,1-2H3/q+1. The van der Waals surface area contributed by atoms with Crippen LogP contribution in [0.1, 0.15) is 39.5 Å². The van der Waals surface area contributed by atoms with Crippen molar-refractivity contribution < 1.29 is 13.6 Å². The summed E-state index contributed by atoms with van der Waals surface area (Å²) in [6, 6.07) is 7.72. The molecule has 0 aliphatic rings. The van der Waals surface area contributed by atoms with Gasteiger partial charge in [0, 0.05) is 4.47 Å². The van der Waals surface area contributed by atoms with Gasteiger partial charge in [-0.3, -0.25) is 4.52 Å². The van der Waals surface area contributed by atoms with Crippen LogP contribution in [0.25, 0.3) is 0 Å². The Labute approximate surface area is 133 Å². The van der Waals surface area contributed by atoms with E-state index in [4.69, 9.17) is 13.6 Å². The molecule has 0 aliphatic heterocycles. The van der Waals surface area contributed by atoms with E-state index < -0.39 is 7.63 Å². The van der Waals surface area contributed by atoms with Crippen molar-refractivity contribution in [2.45, 2.75) is 39.5 Å². The molecule has 0 radical (unpaired) electrons. The molecule has 3 nitrogen and oxygen atoms in total. The summed E-state index contributed by atoms with van der Waals surface area (Å²) in [5.41, 5.74) is 0. The first-order valence-corrected chi connectivity index (χ1v) is 11.0. The summed E-state index contributed by atoms with van der Waals surface area (Å²) in [6.45, 7) is 5.60. The van der Waals surface area contributed by atoms with Crippen LogP contribution in [0.4, 0.5) is 0 Å². The van der Waals surface area contributed by atoms with E-state index >= 15 is 0 Å². The van der Waals surface area contributed by atoms with Crippen molar-refractivity contribution >= 4 is 32.5 Å². The average Bonchev–Trinajstić information content (AvgIpc) is 2.42. The lowest BCUT2D eigenvalue weighted by Crippen LogP contribution is -2.06. The average molecular weight is 382 g/mol. The van der Waals surface area contributed by atoms with Crippen molar-refractivity contribution in [1.82, 2.24) is 0 Å². The molecule has 1 aromatic rings. The van der Waals surface area contributed by atoms with E-state index in [0.717, 1.165) is 35.9 Å². The van der Waals surface area contributed by atoms with E-state index in [1.165, 1.54) is 0 Å². The topological polar surface area (TPSA) is 27.7 Å². The Bertz CT molecular complexity index is 363. The third kappa shape index (κ3) is 7.33. The number of rotatable bonds is 10. The van der Waals surface area contributed by atoms with Gasteiger partial charge in [0.2, 0.25) is 0 Å².